The molecule has 3 heterocycles. The molecule has 1 aromatic carbocycles. The molecule has 92 valence electrons. The molecule has 0 atom stereocenters. The van der Waals surface area contributed by atoms with Crippen LogP contribution in [-0.2, 0) is 0 Å². The summed E-state index contributed by atoms with van der Waals surface area (Å²) in [5, 5.41) is 4.30. The lowest BCUT2D eigenvalue weighted by Gasteiger charge is -2.06. The lowest BCUT2D eigenvalue weighted by molar-refractivity contribution is 1.20. The largest absolute Gasteiger partial charge is 0.346 e. The van der Waals surface area contributed by atoms with Crippen molar-refractivity contribution >= 4 is 44.1 Å². The number of thiazole rings is 1. The Bertz CT molecular complexity index is 863. The third kappa shape index (κ3) is 1.73. The Hall–Kier alpha value is -2.47. The molecule has 0 aliphatic rings. The first-order chi connectivity index (χ1) is 9.40. The summed E-state index contributed by atoms with van der Waals surface area (Å²) in [5.74, 6) is 0.801. The summed E-state index contributed by atoms with van der Waals surface area (Å²) in [7, 11) is 0. The highest BCUT2D eigenvalue weighted by atomic mass is 32.1. The first-order valence-electron chi connectivity index (χ1n) is 5.78. The number of nitrogens with zero attached hydrogens (tertiary/aromatic N) is 3. The van der Waals surface area contributed by atoms with Gasteiger partial charge in [0.15, 0.2) is 0 Å². The van der Waals surface area contributed by atoms with Crippen molar-refractivity contribution in [1.82, 2.24) is 19.9 Å². The molecule has 0 saturated carbocycles. The fourth-order valence-corrected chi connectivity index (χ4v) is 2.76. The highest BCUT2D eigenvalue weighted by Gasteiger charge is 2.05. The van der Waals surface area contributed by atoms with Crippen molar-refractivity contribution in [2.75, 3.05) is 5.32 Å². The van der Waals surface area contributed by atoms with E-state index in [-0.39, 0.29) is 0 Å². The lowest BCUT2D eigenvalue weighted by atomic mass is 10.3. The lowest BCUT2D eigenvalue weighted by Crippen LogP contribution is -1.94. The summed E-state index contributed by atoms with van der Waals surface area (Å²) < 4.78 is 1.16. The third-order valence-electron chi connectivity index (χ3n) is 2.95. The molecule has 0 spiro atoms. The smallest absolute Gasteiger partial charge is 0.143 e. The Morgan fingerprint density at radius 3 is 3.11 bits per heavy atom. The molecular weight excluding hydrogens is 258 g/mol. The minimum atomic E-state index is 0.801. The number of aromatic nitrogens is 4. The molecule has 6 heteroatoms. The maximum absolute atomic E-state index is 4.29. The predicted octanol–water partition coefficient (Wildman–Crippen LogP) is 3.31. The Kier molecular flexibility index (Phi) is 2.22. The minimum absolute atomic E-state index is 0.801. The maximum Gasteiger partial charge on any atom is 0.143 e. The quantitative estimate of drug-likeness (QED) is 0.584. The Morgan fingerprint density at radius 1 is 1.11 bits per heavy atom. The molecule has 0 bridgehead atoms. The van der Waals surface area contributed by atoms with E-state index in [1.807, 2.05) is 29.9 Å². The summed E-state index contributed by atoms with van der Waals surface area (Å²) in [6, 6.07) is 8.04. The van der Waals surface area contributed by atoms with E-state index in [1.54, 1.807) is 17.7 Å². The molecule has 4 aromatic rings. The molecule has 0 aliphatic carbocycles. The van der Waals surface area contributed by atoms with Gasteiger partial charge in [-0.05, 0) is 24.3 Å². The number of nitrogens with one attached hydrogen (secondary N) is 2. The SMILES string of the molecule is c1nc(Nc2ccc3ncsc3c2)c2cc[nH]c2n1. The van der Waals surface area contributed by atoms with Gasteiger partial charge < -0.3 is 10.3 Å². The molecular formula is C13H9N5S. The third-order valence-corrected chi connectivity index (χ3v) is 3.74. The van der Waals surface area contributed by atoms with Gasteiger partial charge in [-0.1, -0.05) is 0 Å². The van der Waals surface area contributed by atoms with E-state index < -0.39 is 0 Å². The van der Waals surface area contributed by atoms with Gasteiger partial charge in [0, 0.05) is 11.9 Å². The number of H-pyrrole nitrogens is 1. The summed E-state index contributed by atoms with van der Waals surface area (Å²) in [4.78, 5) is 15.8. The van der Waals surface area contributed by atoms with Crippen LogP contribution in [0.1, 0.15) is 0 Å². The standard InChI is InChI=1S/C13H9N5S/c1-2-10-11(19-7-17-10)5-8(1)18-13-9-3-4-14-12(9)15-6-16-13/h1-7H,(H2,14,15,16,18). The van der Waals surface area contributed by atoms with E-state index in [1.165, 1.54) is 0 Å². The number of rotatable bonds is 2. The maximum atomic E-state index is 4.29. The number of anilines is 2. The van der Waals surface area contributed by atoms with Crippen molar-refractivity contribution in [3.05, 3.63) is 42.3 Å². The van der Waals surface area contributed by atoms with Crippen LogP contribution in [0.5, 0.6) is 0 Å². The Balaban J connectivity index is 1.79. The monoisotopic (exact) mass is 267 g/mol. The summed E-state index contributed by atoms with van der Waals surface area (Å²) >= 11 is 1.63. The second-order valence-corrected chi connectivity index (χ2v) is 5.01. The van der Waals surface area contributed by atoms with Gasteiger partial charge in [0.05, 0.1) is 21.1 Å². The molecule has 4 rings (SSSR count). The van der Waals surface area contributed by atoms with Gasteiger partial charge in [0.25, 0.3) is 0 Å². The molecule has 2 N–H and O–H groups in total. The van der Waals surface area contributed by atoms with Crippen molar-refractivity contribution < 1.29 is 0 Å². The molecule has 0 saturated heterocycles. The van der Waals surface area contributed by atoms with Crippen LogP contribution in [0.25, 0.3) is 21.3 Å². The van der Waals surface area contributed by atoms with Crippen molar-refractivity contribution in [1.29, 1.82) is 0 Å². The molecule has 5 nitrogen and oxygen atoms in total. The molecule has 0 fully saturated rings. The van der Waals surface area contributed by atoms with E-state index in [0.29, 0.717) is 0 Å². The second kappa shape index (κ2) is 4.03. The highest BCUT2D eigenvalue weighted by Crippen LogP contribution is 2.26. The Morgan fingerprint density at radius 2 is 2.11 bits per heavy atom. The van der Waals surface area contributed by atoms with Crippen molar-refractivity contribution in [2.45, 2.75) is 0 Å². The molecule has 0 radical (unpaired) electrons. The van der Waals surface area contributed by atoms with Gasteiger partial charge in [0.1, 0.15) is 17.8 Å². The average Bonchev–Trinajstić information content (AvgIpc) is 3.06. The van der Waals surface area contributed by atoms with Crippen molar-refractivity contribution in [3.8, 4) is 0 Å². The van der Waals surface area contributed by atoms with Gasteiger partial charge in [-0.3, -0.25) is 0 Å². The second-order valence-electron chi connectivity index (χ2n) is 4.12. The number of benzene rings is 1. The van der Waals surface area contributed by atoms with Crippen LogP contribution in [-0.4, -0.2) is 19.9 Å². The summed E-state index contributed by atoms with van der Waals surface area (Å²) in [6.45, 7) is 0. The first-order valence-corrected chi connectivity index (χ1v) is 6.66. The van der Waals surface area contributed by atoms with Crippen LogP contribution in [0.3, 0.4) is 0 Å². The van der Waals surface area contributed by atoms with Crippen LogP contribution in [0.15, 0.2) is 42.3 Å². The van der Waals surface area contributed by atoms with E-state index in [2.05, 4.69) is 31.3 Å². The molecule has 3 aromatic heterocycles. The summed E-state index contributed by atoms with van der Waals surface area (Å²) in [6.07, 6.45) is 3.41. The van der Waals surface area contributed by atoms with Crippen molar-refractivity contribution in [2.24, 2.45) is 0 Å². The van der Waals surface area contributed by atoms with E-state index >= 15 is 0 Å². The zero-order chi connectivity index (χ0) is 12.7. The average molecular weight is 267 g/mol. The molecule has 0 unspecified atom stereocenters. The number of aromatic amines is 1. The van der Waals surface area contributed by atoms with Gasteiger partial charge in [0.2, 0.25) is 0 Å². The van der Waals surface area contributed by atoms with Crippen LogP contribution < -0.4 is 5.32 Å². The molecule has 0 amide bonds. The fourth-order valence-electron chi connectivity index (χ4n) is 2.04. The first kappa shape index (κ1) is 10.5. The topological polar surface area (TPSA) is 66.5 Å². The zero-order valence-electron chi connectivity index (χ0n) is 9.79. The van der Waals surface area contributed by atoms with Gasteiger partial charge in [-0.25, -0.2) is 15.0 Å². The normalized spacial score (nSPS) is 11.2. The van der Waals surface area contributed by atoms with E-state index in [9.17, 15) is 0 Å². The highest BCUT2D eigenvalue weighted by molar-refractivity contribution is 7.16. The van der Waals surface area contributed by atoms with Crippen LogP contribution in [0.4, 0.5) is 11.5 Å². The summed E-state index contributed by atoms with van der Waals surface area (Å²) in [5.41, 5.74) is 4.70. The van der Waals surface area contributed by atoms with Crippen LogP contribution in [0.2, 0.25) is 0 Å². The number of hydrogen-bond acceptors (Lipinski definition) is 5. The van der Waals surface area contributed by atoms with Gasteiger partial charge in [-0.15, -0.1) is 11.3 Å². The van der Waals surface area contributed by atoms with Gasteiger partial charge in [-0.2, -0.15) is 0 Å². The molecule has 0 aliphatic heterocycles. The van der Waals surface area contributed by atoms with E-state index in [0.717, 1.165) is 32.8 Å². The fraction of sp³-hybridized carbons (Fsp3) is 0. The van der Waals surface area contributed by atoms with Gasteiger partial charge >= 0.3 is 0 Å². The Labute approximate surface area is 112 Å². The van der Waals surface area contributed by atoms with Crippen molar-refractivity contribution in [3.63, 3.8) is 0 Å². The predicted molar refractivity (Wildman–Crippen MR) is 76.8 cm³/mol. The minimum Gasteiger partial charge on any atom is -0.346 e. The zero-order valence-corrected chi connectivity index (χ0v) is 10.6. The number of fused-ring (bicyclic) bond motifs is 2. The number of hydrogen-bond donors (Lipinski definition) is 2. The molecule has 19 heavy (non-hydrogen) atoms. The van der Waals surface area contributed by atoms with Crippen LogP contribution >= 0.6 is 11.3 Å². The van der Waals surface area contributed by atoms with E-state index in [4.69, 9.17) is 0 Å². The van der Waals surface area contributed by atoms with Crippen LogP contribution in [0, 0.1) is 0 Å².